The van der Waals surface area contributed by atoms with Crippen LogP contribution in [0.4, 0.5) is 0 Å². The lowest BCUT2D eigenvalue weighted by Crippen LogP contribution is -1.91. The molecule has 3 nitrogen and oxygen atoms in total. The van der Waals surface area contributed by atoms with Gasteiger partial charge in [-0.3, -0.25) is 0 Å². The zero-order valence-corrected chi connectivity index (χ0v) is 9.05. The second-order valence-electron chi connectivity index (χ2n) is 2.44. The van der Waals surface area contributed by atoms with Crippen molar-refractivity contribution in [3.8, 4) is 0 Å². The van der Waals surface area contributed by atoms with Gasteiger partial charge in [0, 0.05) is 29.8 Å². The van der Waals surface area contributed by atoms with Crippen LogP contribution in [0.25, 0.3) is 0 Å². The van der Waals surface area contributed by atoms with Crippen molar-refractivity contribution in [2.45, 2.75) is 6.42 Å². The standard InChI is InChI=1S/C8H6BrN3S/c9-8-6(4-10-5-12-8)3-7-11-1-2-13-7/h1-2,4-5H,3H2. The van der Waals surface area contributed by atoms with E-state index in [0.29, 0.717) is 0 Å². The molecule has 0 saturated heterocycles. The fraction of sp³-hybridized carbons (Fsp3) is 0.125. The topological polar surface area (TPSA) is 38.7 Å². The van der Waals surface area contributed by atoms with E-state index in [1.807, 2.05) is 5.38 Å². The van der Waals surface area contributed by atoms with Crippen molar-refractivity contribution in [3.63, 3.8) is 0 Å². The Morgan fingerprint density at radius 3 is 3.00 bits per heavy atom. The molecule has 0 aliphatic carbocycles. The zero-order chi connectivity index (χ0) is 9.10. The first-order valence-electron chi connectivity index (χ1n) is 3.69. The summed E-state index contributed by atoms with van der Waals surface area (Å²) in [6.07, 6.45) is 5.92. The second kappa shape index (κ2) is 3.93. The first-order chi connectivity index (χ1) is 6.36. The number of thiazole rings is 1. The van der Waals surface area contributed by atoms with Gasteiger partial charge in [-0.15, -0.1) is 11.3 Å². The lowest BCUT2D eigenvalue weighted by molar-refractivity contribution is 1.03. The maximum Gasteiger partial charge on any atom is 0.116 e. The van der Waals surface area contributed by atoms with E-state index < -0.39 is 0 Å². The zero-order valence-electron chi connectivity index (χ0n) is 6.64. The molecule has 5 heteroatoms. The van der Waals surface area contributed by atoms with Gasteiger partial charge < -0.3 is 0 Å². The molecule has 2 aromatic heterocycles. The molecule has 0 aliphatic rings. The van der Waals surface area contributed by atoms with E-state index in [2.05, 4.69) is 30.9 Å². The summed E-state index contributed by atoms with van der Waals surface area (Å²) in [6, 6.07) is 0. The Hall–Kier alpha value is -0.810. The van der Waals surface area contributed by atoms with Crippen LogP contribution in [0.3, 0.4) is 0 Å². The number of hydrogen-bond donors (Lipinski definition) is 0. The molecular weight excluding hydrogens is 250 g/mol. The maximum absolute atomic E-state index is 4.19. The highest BCUT2D eigenvalue weighted by Gasteiger charge is 2.03. The third kappa shape index (κ3) is 2.10. The van der Waals surface area contributed by atoms with Crippen LogP contribution in [0.1, 0.15) is 10.6 Å². The van der Waals surface area contributed by atoms with Crippen molar-refractivity contribution in [1.29, 1.82) is 0 Å². The van der Waals surface area contributed by atoms with Gasteiger partial charge in [-0.05, 0) is 15.9 Å². The van der Waals surface area contributed by atoms with Gasteiger partial charge in [-0.1, -0.05) is 0 Å². The molecule has 66 valence electrons. The third-order valence-electron chi connectivity index (χ3n) is 1.56. The van der Waals surface area contributed by atoms with Gasteiger partial charge in [0.15, 0.2) is 0 Å². The van der Waals surface area contributed by atoms with Crippen molar-refractivity contribution in [1.82, 2.24) is 15.0 Å². The van der Waals surface area contributed by atoms with E-state index >= 15 is 0 Å². The normalized spacial score (nSPS) is 10.2. The molecule has 0 radical (unpaired) electrons. The first-order valence-corrected chi connectivity index (χ1v) is 5.36. The number of nitrogens with zero attached hydrogens (tertiary/aromatic N) is 3. The molecule has 2 heterocycles. The van der Waals surface area contributed by atoms with E-state index in [-0.39, 0.29) is 0 Å². The smallest absolute Gasteiger partial charge is 0.116 e. The van der Waals surface area contributed by atoms with Crippen molar-refractivity contribution in [3.05, 3.63) is 39.3 Å². The largest absolute Gasteiger partial charge is 0.249 e. The van der Waals surface area contributed by atoms with Crippen molar-refractivity contribution < 1.29 is 0 Å². The highest BCUT2D eigenvalue weighted by molar-refractivity contribution is 9.10. The van der Waals surface area contributed by atoms with Crippen LogP contribution >= 0.6 is 27.3 Å². The molecule has 2 rings (SSSR count). The Labute approximate surface area is 88.0 Å². The molecule has 0 spiro atoms. The molecule has 0 N–H and O–H groups in total. The number of rotatable bonds is 2. The third-order valence-corrected chi connectivity index (χ3v) is 3.05. The van der Waals surface area contributed by atoms with Gasteiger partial charge in [0.25, 0.3) is 0 Å². The molecule has 2 aromatic rings. The summed E-state index contributed by atoms with van der Waals surface area (Å²) in [5, 5.41) is 3.04. The Bertz CT molecular complexity index is 388. The number of halogens is 1. The molecule has 0 atom stereocenters. The molecule has 13 heavy (non-hydrogen) atoms. The van der Waals surface area contributed by atoms with E-state index in [0.717, 1.165) is 21.6 Å². The first kappa shape index (κ1) is 8.77. The molecule has 0 bridgehead atoms. The van der Waals surface area contributed by atoms with Crippen LogP contribution in [0.5, 0.6) is 0 Å². The van der Waals surface area contributed by atoms with Gasteiger partial charge >= 0.3 is 0 Å². The average Bonchev–Trinajstić information content (AvgIpc) is 2.61. The molecule has 0 aliphatic heterocycles. The molecular formula is C8H6BrN3S. The SMILES string of the molecule is Brc1ncncc1Cc1nccs1. The Morgan fingerprint density at radius 1 is 1.38 bits per heavy atom. The number of aromatic nitrogens is 3. The average molecular weight is 256 g/mol. The van der Waals surface area contributed by atoms with Crippen molar-refractivity contribution in [2.24, 2.45) is 0 Å². The van der Waals surface area contributed by atoms with Gasteiger partial charge in [-0.25, -0.2) is 15.0 Å². The highest BCUT2D eigenvalue weighted by atomic mass is 79.9. The lowest BCUT2D eigenvalue weighted by Gasteiger charge is -1.98. The van der Waals surface area contributed by atoms with E-state index in [4.69, 9.17) is 0 Å². The van der Waals surface area contributed by atoms with Crippen LogP contribution in [0.2, 0.25) is 0 Å². The second-order valence-corrected chi connectivity index (χ2v) is 4.17. The van der Waals surface area contributed by atoms with Crippen molar-refractivity contribution >= 4 is 27.3 Å². The van der Waals surface area contributed by atoms with Crippen LogP contribution in [0.15, 0.2) is 28.7 Å². The minimum atomic E-state index is 0.791. The van der Waals surface area contributed by atoms with Gasteiger partial charge in [-0.2, -0.15) is 0 Å². The minimum absolute atomic E-state index is 0.791. The molecule has 0 fully saturated rings. The Morgan fingerprint density at radius 2 is 2.31 bits per heavy atom. The highest BCUT2D eigenvalue weighted by Crippen LogP contribution is 2.17. The van der Waals surface area contributed by atoms with E-state index in [1.54, 1.807) is 23.7 Å². The minimum Gasteiger partial charge on any atom is -0.249 e. The fourth-order valence-corrected chi connectivity index (χ4v) is 1.94. The van der Waals surface area contributed by atoms with Crippen LogP contribution < -0.4 is 0 Å². The van der Waals surface area contributed by atoms with Gasteiger partial charge in [0.2, 0.25) is 0 Å². The fourth-order valence-electron chi connectivity index (χ4n) is 0.965. The monoisotopic (exact) mass is 255 g/mol. The summed E-state index contributed by atoms with van der Waals surface area (Å²) >= 11 is 5.01. The maximum atomic E-state index is 4.19. The molecule has 0 saturated carbocycles. The van der Waals surface area contributed by atoms with Gasteiger partial charge in [0.1, 0.15) is 10.9 Å². The Kier molecular flexibility index (Phi) is 2.65. The predicted molar refractivity (Wildman–Crippen MR) is 54.7 cm³/mol. The predicted octanol–water partition coefficient (Wildman–Crippen LogP) is 2.29. The lowest BCUT2D eigenvalue weighted by atomic mass is 10.2. The molecule has 0 unspecified atom stereocenters. The van der Waals surface area contributed by atoms with Crippen LogP contribution in [-0.2, 0) is 6.42 Å². The summed E-state index contributed by atoms with van der Waals surface area (Å²) in [7, 11) is 0. The van der Waals surface area contributed by atoms with Crippen molar-refractivity contribution in [2.75, 3.05) is 0 Å². The summed E-state index contributed by atoms with van der Waals surface area (Å²) in [6.45, 7) is 0. The number of hydrogen-bond acceptors (Lipinski definition) is 4. The van der Waals surface area contributed by atoms with E-state index in [1.165, 1.54) is 6.33 Å². The van der Waals surface area contributed by atoms with Crippen LogP contribution in [0, 0.1) is 0 Å². The molecule has 0 amide bonds. The molecule has 0 aromatic carbocycles. The van der Waals surface area contributed by atoms with Gasteiger partial charge in [0.05, 0.1) is 5.01 Å². The summed E-state index contributed by atoms with van der Waals surface area (Å²) in [4.78, 5) is 12.2. The Balaban J connectivity index is 2.24. The van der Waals surface area contributed by atoms with E-state index in [9.17, 15) is 0 Å². The summed E-state index contributed by atoms with van der Waals surface area (Å²) < 4.78 is 0.845. The van der Waals surface area contributed by atoms with Crippen LogP contribution in [-0.4, -0.2) is 15.0 Å². The summed E-state index contributed by atoms with van der Waals surface area (Å²) in [5.74, 6) is 0. The quantitative estimate of drug-likeness (QED) is 0.774. The summed E-state index contributed by atoms with van der Waals surface area (Å²) in [5.41, 5.74) is 1.07.